The molecule has 5 heteroatoms. The summed E-state index contributed by atoms with van der Waals surface area (Å²) in [5, 5.41) is 14.7. The first-order valence-corrected chi connectivity index (χ1v) is 5.36. The van der Waals surface area contributed by atoms with Gasteiger partial charge < -0.3 is 5.32 Å². The van der Waals surface area contributed by atoms with Gasteiger partial charge in [0.25, 0.3) is 0 Å². The highest BCUT2D eigenvalue weighted by Gasteiger charge is 2.03. The number of aromatic amines is 1. The van der Waals surface area contributed by atoms with Crippen LogP contribution in [0, 0.1) is 13.8 Å². The quantitative estimate of drug-likeness (QED) is 0.808. The summed E-state index contributed by atoms with van der Waals surface area (Å²) < 4.78 is 1.84. The molecule has 0 saturated heterocycles. The number of nitrogens with zero attached hydrogens (tertiary/aromatic N) is 3. The van der Waals surface area contributed by atoms with E-state index >= 15 is 0 Å². The standard InChI is InChI=1S/C11H17N5/c1-8-4-11(14-13-8)6-12-5-10-7-16(3)15-9(10)2/h4,7,12H,5-6H2,1-3H3,(H,13,14). The fourth-order valence-electron chi connectivity index (χ4n) is 1.71. The highest BCUT2D eigenvalue weighted by atomic mass is 15.3. The summed E-state index contributed by atoms with van der Waals surface area (Å²) in [7, 11) is 1.94. The highest BCUT2D eigenvalue weighted by Crippen LogP contribution is 2.04. The lowest BCUT2D eigenvalue weighted by Crippen LogP contribution is -2.13. The number of hydrogen-bond acceptors (Lipinski definition) is 3. The Morgan fingerprint density at radius 2 is 2.19 bits per heavy atom. The van der Waals surface area contributed by atoms with Gasteiger partial charge in [-0.1, -0.05) is 0 Å². The first kappa shape index (κ1) is 10.9. The van der Waals surface area contributed by atoms with E-state index in [0.717, 1.165) is 30.2 Å². The third kappa shape index (κ3) is 2.49. The molecule has 0 bridgehead atoms. The average molecular weight is 219 g/mol. The van der Waals surface area contributed by atoms with Crippen LogP contribution in [0.4, 0.5) is 0 Å². The summed E-state index contributed by atoms with van der Waals surface area (Å²) in [6, 6.07) is 2.04. The molecule has 16 heavy (non-hydrogen) atoms. The molecule has 2 rings (SSSR count). The monoisotopic (exact) mass is 219 g/mol. The molecular formula is C11H17N5. The lowest BCUT2D eigenvalue weighted by Gasteiger charge is -2.00. The molecule has 0 aliphatic rings. The van der Waals surface area contributed by atoms with Gasteiger partial charge in [-0.3, -0.25) is 9.78 Å². The molecule has 0 saturated carbocycles. The van der Waals surface area contributed by atoms with E-state index in [1.807, 2.05) is 37.8 Å². The van der Waals surface area contributed by atoms with Gasteiger partial charge in [-0.25, -0.2) is 0 Å². The van der Waals surface area contributed by atoms with E-state index in [1.165, 1.54) is 5.56 Å². The molecule has 2 heterocycles. The van der Waals surface area contributed by atoms with E-state index in [-0.39, 0.29) is 0 Å². The van der Waals surface area contributed by atoms with Crippen molar-refractivity contribution in [3.8, 4) is 0 Å². The molecule has 0 fully saturated rings. The van der Waals surface area contributed by atoms with Gasteiger partial charge in [-0.2, -0.15) is 10.2 Å². The minimum absolute atomic E-state index is 0.776. The first-order valence-electron chi connectivity index (χ1n) is 5.36. The predicted octanol–water partition coefficient (Wildman–Crippen LogP) is 1.05. The van der Waals surface area contributed by atoms with Crippen molar-refractivity contribution in [2.75, 3.05) is 0 Å². The number of nitrogens with one attached hydrogen (secondary N) is 2. The maximum Gasteiger partial charge on any atom is 0.0762 e. The Bertz CT molecular complexity index is 468. The van der Waals surface area contributed by atoms with Gasteiger partial charge in [0.2, 0.25) is 0 Å². The van der Waals surface area contributed by atoms with Gasteiger partial charge in [0, 0.05) is 37.6 Å². The average Bonchev–Trinajstić information content (AvgIpc) is 2.74. The number of rotatable bonds is 4. The molecule has 2 aromatic rings. The van der Waals surface area contributed by atoms with Crippen molar-refractivity contribution < 1.29 is 0 Å². The lowest BCUT2D eigenvalue weighted by molar-refractivity contribution is 0.674. The third-order valence-corrected chi connectivity index (χ3v) is 2.50. The van der Waals surface area contributed by atoms with Crippen LogP contribution in [0.1, 0.15) is 22.6 Å². The Hall–Kier alpha value is -1.62. The van der Waals surface area contributed by atoms with E-state index in [4.69, 9.17) is 0 Å². The van der Waals surface area contributed by atoms with Crippen LogP contribution in [-0.4, -0.2) is 20.0 Å². The van der Waals surface area contributed by atoms with E-state index in [1.54, 1.807) is 0 Å². The molecule has 2 N–H and O–H groups in total. The Labute approximate surface area is 94.9 Å². The number of H-pyrrole nitrogens is 1. The van der Waals surface area contributed by atoms with Crippen LogP contribution < -0.4 is 5.32 Å². The van der Waals surface area contributed by atoms with Crippen LogP contribution in [0.15, 0.2) is 12.3 Å². The van der Waals surface area contributed by atoms with Crippen LogP contribution in [0.3, 0.4) is 0 Å². The minimum Gasteiger partial charge on any atom is -0.307 e. The second-order valence-corrected chi connectivity index (χ2v) is 4.06. The molecule has 0 aromatic carbocycles. The number of aryl methyl sites for hydroxylation is 3. The van der Waals surface area contributed by atoms with Gasteiger partial charge in [-0.05, 0) is 19.9 Å². The smallest absolute Gasteiger partial charge is 0.0762 e. The molecule has 0 atom stereocenters. The predicted molar refractivity (Wildman–Crippen MR) is 61.8 cm³/mol. The van der Waals surface area contributed by atoms with Gasteiger partial charge in [-0.15, -0.1) is 0 Å². The van der Waals surface area contributed by atoms with E-state index in [9.17, 15) is 0 Å². The van der Waals surface area contributed by atoms with Crippen LogP contribution >= 0.6 is 0 Å². The minimum atomic E-state index is 0.776. The fraction of sp³-hybridized carbons (Fsp3) is 0.455. The third-order valence-electron chi connectivity index (χ3n) is 2.50. The molecular weight excluding hydrogens is 202 g/mol. The Morgan fingerprint density at radius 3 is 2.75 bits per heavy atom. The first-order chi connectivity index (χ1) is 7.65. The van der Waals surface area contributed by atoms with E-state index in [0.29, 0.717) is 0 Å². The molecule has 0 amide bonds. The van der Waals surface area contributed by atoms with Crippen molar-refractivity contribution in [3.63, 3.8) is 0 Å². The summed E-state index contributed by atoms with van der Waals surface area (Å²) in [5.74, 6) is 0. The van der Waals surface area contributed by atoms with Gasteiger partial charge in [0.1, 0.15) is 0 Å². The lowest BCUT2D eigenvalue weighted by atomic mass is 10.2. The molecule has 2 aromatic heterocycles. The largest absolute Gasteiger partial charge is 0.307 e. The van der Waals surface area contributed by atoms with Crippen molar-refractivity contribution in [1.82, 2.24) is 25.3 Å². The zero-order valence-electron chi connectivity index (χ0n) is 9.91. The molecule has 0 aliphatic carbocycles. The normalized spacial score (nSPS) is 10.9. The fourth-order valence-corrected chi connectivity index (χ4v) is 1.71. The topological polar surface area (TPSA) is 58.5 Å². The van der Waals surface area contributed by atoms with Crippen molar-refractivity contribution >= 4 is 0 Å². The van der Waals surface area contributed by atoms with Crippen LogP contribution in [0.5, 0.6) is 0 Å². The molecule has 86 valence electrons. The van der Waals surface area contributed by atoms with Crippen molar-refractivity contribution in [1.29, 1.82) is 0 Å². The summed E-state index contributed by atoms with van der Waals surface area (Å²) in [4.78, 5) is 0. The van der Waals surface area contributed by atoms with Crippen LogP contribution in [-0.2, 0) is 20.1 Å². The van der Waals surface area contributed by atoms with Crippen LogP contribution in [0.25, 0.3) is 0 Å². The van der Waals surface area contributed by atoms with Crippen molar-refractivity contribution in [2.45, 2.75) is 26.9 Å². The molecule has 0 radical (unpaired) electrons. The van der Waals surface area contributed by atoms with E-state index in [2.05, 4.69) is 20.6 Å². The second kappa shape index (κ2) is 4.49. The summed E-state index contributed by atoms with van der Waals surface area (Å²) in [6.07, 6.45) is 2.04. The zero-order valence-corrected chi connectivity index (χ0v) is 9.91. The van der Waals surface area contributed by atoms with Crippen molar-refractivity contribution in [2.24, 2.45) is 7.05 Å². The maximum atomic E-state index is 4.30. The van der Waals surface area contributed by atoms with Crippen LogP contribution in [0.2, 0.25) is 0 Å². The highest BCUT2D eigenvalue weighted by molar-refractivity contribution is 5.15. The zero-order chi connectivity index (χ0) is 11.5. The van der Waals surface area contributed by atoms with Gasteiger partial charge >= 0.3 is 0 Å². The molecule has 0 aliphatic heterocycles. The van der Waals surface area contributed by atoms with E-state index < -0.39 is 0 Å². The summed E-state index contributed by atoms with van der Waals surface area (Å²) in [6.45, 7) is 5.63. The second-order valence-electron chi connectivity index (χ2n) is 4.06. The number of aromatic nitrogens is 4. The Kier molecular flexibility index (Phi) is 3.05. The number of hydrogen-bond donors (Lipinski definition) is 2. The van der Waals surface area contributed by atoms with Gasteiger partial charge in [0.05, 0.1) is 11.4 Å². The SMILES string of the molecule is Cc1cc(CNCc2cn(C)nc2C)n[nH]1. The summed E-state index contributed by atoms with van der Waals surface area (Å²) >= 11 is 0. The Morgan fingerprint density at radius 1 is 1.38 bits per heavy atom. The van der Waals surface area contributed by atoms with Crippen molar-refractivity contribution in [3.05, 3.63) is 34.9 Å². The molecule has 5 nitrogen and oxygen atoms in total. The molecule has 0 spiro atoms. The maximum absolute atomic E-state index is 4.30. The molecule has 0 unspecified atom stereocenters. The van der Waals surface area contributed by atoms with Gasteiger partial charge in [0.15, 0.2) is 0 Å². The Balaban J connectivity index is 1.86. The summed E-state index contributed by atoms with van der Waals surface area (Å²) in [5.41, 5.74) is 4.44.